The first-order chi connectivity index (χ1) is 7.90. The summed E-state index contributed by atoms with van der Waals surface area (Å²) < 4.78 is 0. The molecule has 0 aliphatic carbocycles. The second-order valence-corrected chi connectivity index (χ2v) is 5.27. The van der Waals surface area contributed by atoms with E-state index < -0.39 is 0 Å². The van der Waals surface area contributed by atoms with Gasteiger partial charge in [-0.15, -0.1) is 21.5 Å². The van der Waals surface area contributed by atoms with Gasteiger partial charge in [-0.25, -0.2) is 0 Å². The Morgan fingerprint density at radius 2 is 2.31 bits per heavy atom. The van der Waals surface area contributed by atoms with Crippen molar-refractivity contribution in [2.24, 2.45) is 0 Å². The van der Waals surface area contributed by atoms with Crippen LogP contribution in [0.25, 0.3) is 9.88 Å². The number of nitrogens with one attached hydrogen (secondary N) is 1. The zero-order valence-electron chi connectivity index (χ0n) is 9.14. The molecule has 6 heteroatoms. The summed E-state index contributed by atoms with van der Waals surface area (Å²) in [6.07, 6.45) is 3.96. The largest absolute Gasteiger partial charge is 0.317 e. The monoisotopic (exact) mass is 254 g/mol. The van der Waals surface area contributed by atoms with E-state index in [1.54, 1.807) is 22.7 Å². The third kappa shape index (κ3) is 3.07. The lowest BCUT2D eigenvalue weighted by atomic mass is 10.3. The standard InChI is InChI=1S/C10H14N4S2/c1-2-11-5-3-4-9-13-14-10(16-9)8-6-12-7-15-8/h6-7,11H,2-5H2,1H3. The number of aromatic nitrogens is 3. The van der Waals surface area contributed by atoms with Gasteiger partial charge >= 0.3 is 0 Å². The fourth-order valence-electron chi connectivity index (χ4n) is 1.32. The van der Waals surface area contributed by atoms with Crippen molar-refractivity contribution in [3.63, 3.8) is 0 Å². The van der Waals surface area contributed by atoms with Crippen LogP contribution in [0, 0.1) is 0 Å². The summed E-state index contributed by atoms with van der Waals surface area (Å²) in [4.78, 5) is 5.15. The van der Waals surface area contributed by atoms with Gasteiger partial charge in [0.2, 0.25) is 0 Å². The van der Waals surface area contributed by atoms with E-state index in [0.29, 0.717) is 0 Å². The van der Waals surface area contributed by atoms with Gasteiger partial charge in [-0.3, -0.25) is 4.98 Å². The molecule has 2 heterocycles. The van der Waals surface area contributed by atoms with Crippen molar-refractivity contribution in [3.05, 3.63) is 16.7 Å². The van der Waals surface area contributed by atoms with Crippen LogP contribution in [-0.4, -0.2) is 28.3 Å². The minimum Gasteiger partial charge on any atom is -0.317 e. The van der Waals surface area contributed by atoms with E-state index in [-0.39, 0.29) is 0 Å². The molecule has 0 atom stereocenters. The predicted octanol–water partition coefficient (Wildman–Crippen LogP) is 2.20. The van der Waals surface area contributed by atoms with Gasteiger partial charge in [-0.05, 0) is 19.5 Å². The number of nitrogens with zero attached hydrogens (tertiary/aromatic N) is 3. The molecule has 16 heavy (non-hydrogen) atoms. The van der Waals surface area contributed by atoms with E-state index in [2.05, 4.69) is 27.4 Å². The van der Waals surface area contributed by atoms with E-state index in [1.807, 2.05) is 11.7 Å². The van der Waals surface area contributed by atoms with Gasteiger partial charge < -0.3 is 5.32 Å². The molecular weight excluding hydrogens is 240 g/mol. The number of thiazole rings is 1. The molecule has 0 spiro atoms. The molecule has 2 rings (SSSR count). The topological polar surface area (TPSA) is 50.7 Å². The zero-order chi connectivity index (χ0) is 11.2. The third-order valence-corrected chi connectivity index (χ3v) is 4.03. The molecule has 1 N–H and O–H groups in total. The first-order valence-corrected chi connectivity index (χ1v) is 7.01. The molecular formula is C10H14N4S2. The number of aryl methyl sites for hydroxylation is 1. The smallest absolute Gasteiger partial charge is 0.159 e. The number of rotatable bonds is 6. The van der Waals surface area contributed by atoms with Crippen LogP contribution in [0.4, 0.5) is 0 Å². The average Bonchev–Trinajstić information content (AvgIpc) is 2.94. The Labute approximate surface area is 103 Å². The van der Waals surface area contributed by atoms with Crippen LogP contribution in [0.3, 0.4) is 0 Å². The first-order valence-electron chi connectivity index (χ1n) is 5.32. The number of hydrogen-bond donors (Lipinski definition) is 1. The highest BCUT2D eigenvalue weighted by Gasteiger charge is 2.07. The van der Waals surface area contributed by atoms with Crippen molar-refractivity contribution in [3.8, 4) is 9.88 Å². The van der Waals surface area contributed by atoms with Crippen LogP contribution in [-0.2, 0) is 6.42 Å². The van der Waals surface area contributed by atoms with Crippen LogP contribution in [0.5, 0.6) is 0 Å². The Morgan fingerprint density at radius 1 is 1.38 bits per heavy atom. The van der Waals surface area contributed by atoms with Crippen LogP contribution in [0.2, 0.25) is 0 Å². The first kappa shape index (κ1) is 11.6. The molecule has 2 aromatic heterocycles. The zero-order valence-corrected chi connectivity index (χ0v) is 10.8. The molecule has 2 aromatic rings. The van der Waals surface area contributed by atoms with E-state index in [4.69, 9.17) is 0 Å². The van der Waals surface area contributed by atoms with Crippen LogP contribution in [0.15, 0.2) is 11.7 Å². The molecule has 0 radical (unpaired) electrons. The Hall–Kier alpha value is -0.850. The minimum absolute atomic E-state index is 0.987. The molecule has 0 aromatic carbocycles. The highest BCUT2D eigenvalue weighted by atomic mass is 32.1. The van der Waals surface area contributed by atoms with Crippen molar-refractivity contribution < 1.29 is 0 Å². The van der Waals surface area contributed by atoms with Gasteiger partial charge in [0.05, 0.1) is 10.4 Å². The molecule has 0 aliphatic rings. The molecule has 86 valence electrons. The Morgan fingerprint density at radius 3 is 3.06 bits per heavy atom. The molecule has 0 bridgehead atoms. The van der Waals surface area contributed by atoms with Crippen LogP contribution >= 0.6 is 22.7 Å². The van der Waals surface area contributed by atoms with Crippen LogP contribution in [0.1, 0.15) is 18.4 Å². The van der Waals surface area contributed by atoms with Gasteiger partial charge in [0, 0.05) is 12.6 Å². The summed E-state index contributed by atoms with van der Waals surface area (Å²) in [5, 5.41) is 13.8. The maximum absolute atomic E-state index is 4.19. The summed E-state index contributed by atoms with van der Waals surface area (Å²) in [5.74, 6) is 0. The lowest BCUT2D eigenvalue weighted by molar-refractivity contribution is 0.669. The van der Waals surface area contributed by atoms with Gasteiger partial charge in [-0.1, -0.05) is 18.3 Å². The van der Waals surface area contributed by atoms with Crippen molar-refractivity contribution >= 4 is 22.7 Å². The quantitative estimate of drug-likeness (QED) is 0.803. The maximum Gasteiger partial charge on any atom is 0.159 e. The van der Waals surface area contributed by atoms with E-state index in [0.717, 1.165) is 40.8 Å². The SMILES string of the molecule is CCNCCCc1nnc(-c2cncs2)s1. The van der Waals surface area contributed by atoms with Crippen LogP contribution < -0.4 is 5.32 Å². The van der Waals surface area contributed by atoms with Gasteiger partial charge in [-0.2, -0.15) is 0 Å². The lowest BCUT2D eigenvalue weighted by Crippen LogP contribution is -2.14. The van der Waals surface area contributed by atoms with Crippen molar-refractivity contribution in [1.82, 2.24) is 20.5 Å². The maximum atomic E-state index is 4.19. The van der Waals surface area contributed by atoms with E-state index in [1.165, 1.54) is 0 Å². The average molecular weight is 254 g/mol. The fraction of sp³-hybridized carbons (Fsp3) is 0.500. The Bertz CT molecular complexity index is 410. The summed E-state index contributed by atoms with van der Waals surface area (Å²) in [6, 6.07) is 0. The third-order valence-electron chi connectivity index (χ3n) is 2.10. The fourth-order valence-corrected chi connectivity index (χ4v) is 2.87. The van der Waals surface area contributed by atoms with Crippen molar-refractivity contribution in [2.75, 3.05) is 13.1 Å². The second-order valence-electron chi connectivity index (χ2n) is 3.32. The minimum atomic E-state index is 0.987. The van der Waals surface area contributed by atoms with Gasteiger partial charge in [0.1, 0.15) is 5.01 Å². The van der Waals surface area contributed by atoms with Gasteiger partial charge in [0.15, 0.2) is 5.01 Å². The summed E-state index contributed by atoms with van der Waals surface area (Å²) in [6.45, 7) is 4.20. The van der Waals surface area contributed by atoms with E-state index >= 15 is 0 Å². The highest BCUT2D eigenvalue weighted by Crippen LogP contribution is 2.26. The van der Waals surface area contributed by atoms with Crippen molar-refractivity contribution in [2.45, 2.75) is 19.8 Å². The normalized spacial score (nSPS) is 10.8. The molecule has 0 amide bonds. The molecule has 0 aliphatic heterocycles. The Balaban J connectivity index is 1.88. The van der Waals surface area contributed by atoms with Crippen molar-refractivity contribution in [1.29, 1.82) is 0 Å². The lowest BCUT2D eigenvalue weighted by Gasteiger charge is -1.97. The molecule has 0 saturated heterocycles. The summed E-state index contributed by atoms with van der Waals surface area (Å²) in [5.41, 5.74) is 1.82. The number of hydrogen-bond acceptors (Lipinski definition) is 6. The second kappa shape index (κ2) is 6.03. The van der Waals surface area contributed by atoms with Gasteiger partial charge in [0.25, 0.3) is 0 Å². The highest BCUT2D eigenvalue weighted by molar-refractivity contribution is 7.20. The molecule has 0 fully saturated rings. The molecule has 0 unspecified atom stereocenters. The molecule has 4 nitrogen and oxygen atoms in total. The summed E-state index contributed by atoms with van der Waals surface area (Å²) >= 11 is 3.27. The summed E-state index contributed by atoms with van der Waals surface area (Å²) in [7, 11) is 0. The van der Waals surface area contributed by atoms with E-state index in [9.17, 15) is 0 Å². The Kier molecular flexibility index (Phi) is 4.38. The predicted molar refractivity (Wildman–Crippen MR) is 67.9 cm³/mol. The molecule has 0 saturated carbocycles.